The Kier molecular flexibility index (Phi) is 5.12. The van der Waals surface area contributed by atoms with Crippen LogP contribution in [0, 0.1) is 5.82 Å². The molecule has 2 heterocycles. The lowest BCUT2D eigenvalue weighted by Gasteiger charge is -2.24. The molecule has 1 fully saturated rings. The number of rotatable bonds is 6. The second-order valence-electron chi connectivity index (χ2n) is 6.07. The molecule has 134 valence electrons. The maximum Gasteiger partial charge on any atom is 0.244 e. The summed E-state index contributed by atoms with van der Waals surface area (Å²) >= 11 is 0. The molecule has 0 aliphatic carbocycles. The normalized spacial score (nSPS) is 18.9. The second kappa shape index (κ2) is 7.30. The predicted molar refractivity (Wildman–Crippen MR) is 93.9 cm³/mol. The Labute approximate surface area is 146 Å². The van der Waals surface area contributed by atoms with E-state index in [-0.39, 0.29) is 23.4 Å². The van der Waals surface area contributed by atoms with E-state index < -0.39 is 9.84 Å². The first-order valence-electron chi connectivity index (χ1n) is 8.05. The summed E-state index contributed by atoms with van der Waals surface area (Å²) in [4.78, 5) is 6.19. The van der Waals surface area contributed by atoms with Crippen LogP contribution in [0.5, 0.6) is 0 Å². The zero-order valence-corrected chi connectivity index (χ0v) is 14.7. The van der Waals surface area contributed by atoms with E-state index in [4.69, 9.17) is 0 Å². The number of nitrogens with one attached hydrogen (secondary N) is 1. The van der Waals surface area contributed by atoms with Gasteiger partial charge in [0.05, 0.1) is 17.7 Å². The first-order valence-corrected chi connectivity index (χ1v) is 9.87. The maximum atomic E-state index is 13.6. The van der Waals surface area contributed by atoms with Gasteiger partial charge in [-0.1, -0.05) is 18.2 Å². The number of sulfone groups is 1. The lowest BCUT2D eigenvalue weighted by molar-refractivity contribution is 0.600. The molecule has 0 radical (unpaired) electrons. The molecule has 0 saturated carbocycles. The van der Waals surface area contributed by atoms with Crippen molar-refractivity contribution in [1.82, 2.24) is 15.2 Å². The average molecular weight is 365 g/mol. The molecule has 1 aliphatic rings. The lowest BCUT2D eigenvalue weighted by atomic mass is 10.1. The van der Waals surface area contributed by atoms with Crippen molar-refractivity contribution in [3.63, 3.8) is 0 Å². The lowest BCUT2D eigenvalue weighted by Crippen LogP contribution is -2.33. The fraction of sp³-hybridized carbons (Fsp3) is 0.438. The highest BCUT2D eigenvalue weighted by Gasteiger charge is 2.31. The Bertz CT molecular complexity index is 846. The summed E-state index contributed by atoms with van der Waals surface area (Å²) in [5.41, 5.74) is 0.618. The standard InChI is InChI=1S/C16H20FN5O2S/c1-22(13-7-9-25(23,24)11-13)15-10-19-21-16(20-15)18-8-6-12-4-2-3-5-14(12)17/h2-5,10,13H,6-9,11H2,1H3,(H,18,20,21). The highest BCUT2D eigenvalue weighted by atomic mass is 32.2. The molecule has 1 N–H and O–H groups in total. The van der Waals surface area contributed by atoms with Crippen LogP contribution in [0.4, 0.5) is 16.2 Å². The molecule has 9 heteroatoms. The van der Waals surface area contributed by atoms with Crippen molar-refractivity contribution < 1.29 is 12.8 Å². The van der Waals surface area contributed by atoms with Crippen LogP contribution in [-0.4, -0.2) is 54.7 Å². The van der Waals surface area contributed by atoms with Crippen LogP contribution in [0.2, 0.25) is 0 Å². The number of benzene rings is 1. The quantitative estimate of drug-likeness (QED) is 0.825. The molecule has 1 aliphatic heterocycles. The molecule has 25 heavy (non-hydrogen) atoms. The van der Waals surface area contributed by atoms with Gasteiger partial charge in [-0.05, 0) is 24.5 Å². The van der Waals surface area contributed by atoms with E-state index in [0.29, 0.717) is 36.7 Å². The molecule has 1 unspecified atom stereocenters. The van der Waals surface area contributed by atoms with Gasteiger partial charge < -0.3 is 10.2 Å². The van der Waals surface area contributed by atoms with Gasteiger partial charge in [-0.3, -0.25) is 0 Å². The summed E-state index contributed by atoms with van der Waals surface area (Å²) in [7, 11) is -1.16. The molecule has 7 nitrogen and oxygen atoms in total. The van der Waals surface area contributed by atoms with Crippen molar-refractivity contribution >= 4 is 21.6 Å². The zero-order valence-electron chi connectivity index (χ0n) is 13.9. The third kappa shape index (κ3) is 4.41. The first-order chi connectivity index (χ1) is 11.9. The van der Waals surface area contributed by atoms with E-state index in [1.807, 2.05) is 4.90 Å². The van der Waals surface area contributed by atoms with Gasteiger partial charge in [0.15, 0.2) is 15.7 Å². The highest BCUT2D eigenvalue weighted by Crippen LogP contribution is 2.21. The van der Waals surface area contributed by atoms with Gasteiger partial charge in [-0.2, -0.15) is 10.1 Å². The van der Waals surface area contributed by atoms with Crippen molar-refractivity contribution in [2.24, 2.45) is 0 Å². The minimum Gasteiger partial charge on any atom is -0.354 e. The first kappa shape index (κ1) is 17.5. The molecule has 1 atom stereocenters. The molecule has 0 spiro atoms. The molecule has 1 aromatic heterocycles. The Hall–Kier alpha value is -2.29. The largest absolute Gasteiger partial charge is 0.354 e. The summed E-state index contributed by atoms with van der Waals surface area (Å²) < 4.78 is 36.9. The zero-order chi connectivity index (χ0) is 17.9. The Morgan fingerprint density at radius 3 is 2.88 bits per heavy atom. The van der Waals surface area contributed by atoms with Crippen LogP contribution in [0.1, 0.15) is 12.0 Å². The van der Waals surface area contributed by atoms with Crippen molar-refractivity contribution in [1.29, 1.82) is 0 Å². The van der Waals surface area contributed by atoms with Crippen LogP contribution < -0.4 is 10.2 Å². The van der Waals surface area contributed by atoms with Gasteiger partial charge in [-0.25, -0.2) is 12.8 Å². The maximum absolute atomic E-state index is 13.6. The summed E-state index contributed by atoms with van der Waals surface area (Å²) in [6.07, 6.45) is 2.59. The summed E-state index contributed by atoms with van der Waals surface area (Å²) in [6, 6.07) is 6.51. The van der Waals surface area contributed by atoms with Crippen LogP contribution in [-0.2, 0) is 16.3 Å². The third-order valence-corrected chi connectivity index (χ3v) is 6.05. The number of nitrogens with zero attached hydrogens (tertiary/aromatic N) is 4. The van der Waals surface area contributed by atoms with E-state index in [1.165, 1.54) is 12.3 Å². The average Bonchev–Trinajstić information content (AvgIpc) is 2.96. The second-order valence-corrected chi connectivity index (χ2v) is 8.30. The van der Waals surface area contributed by atoms with E-state index in [2.05, 4.69) is 20.5 Å². The van der Waals surface area contributed by atoms with Crippen LogP contribution >= 0.6 is 0 Å². The number of hydrogen-bond acceptors (Lipinski definition) is 7. The number of anilines is 2. The molecule has 0 amide bonds. The minimum atomic E-state index is -2.96. The van der Waals surface area contributed by atoms with E-state index in [9.17, 15) is 12.8 Å². The predicted octanol–water partition coefficient (Wildman–Crippen LogP) is 1.29. The molecule has 0 bridgehead atoms. The molecule has 1 saturated heterocycles. The van der Waals surface area contributed by atoms with E-state index >= 15 is 0 Å². The van der Waals surface area contributed by atoms with Gasteiger partial charge in [-0.15, -0.1) is 5.10 Å². The van der Waals surface area contributed by atoms with Gasteiger partial charge in [0, 0.05) is 19.6 Å². The molecular formula is C16H20FN5O2S. The van der Waals surface area contributed by atoms with Gasteiger partial charge in [0.2, 0.25) is 5.95 Å². The SMILES string of the molecule is CN(c1cnnc(NCCc2ccccc2F)n1)C1CCS(=O)(=O)C1. The summed E-state index contributed by atoms with van der Waals surface area (Å²) in [5.74, 6) is 0.990. The Morgan fingerprint density at radius 1 is 1.36 bits per heavy atom. The fourth-order valence-electron chi connectivity index (χ4n) is 2.82. The van der Waals surface area contributed by atoms with Crippen molar-refractivity contribution in [3.05, 3.63) is 41.8 Å². The third-order valence-electron chi connectivity index (χ3n) is 4.30. The monoisotopic (exact) mass is 365 g/mol. The Morgan fingerprint density at radius 2 is 2.16 bits per heavy atom. The highest BCUT2D eigenvalue weighted by molar-refractivity contribution is 7.91. The molecular weight excluding hydrogens is 345 g/mol. The van der Waals surface area contributed by atoms with Crippen molar-refractivity contribution in [2.45, 2.75) is 18.9 Å². The smallest absolute Gasteiger partial charge is 0.244 e. The molecule has 1 aromatic carbocycles. The van der Waals surface area contributed by atoms with Gasteiger partial charge in [0.25, 0.3) is 0 Å². The summed E-state index contributed by atoms with van der Waals surface area (Å²) in [6.45, 7) is 0.466. The van der Waals surface area contributed by atoms with Crippen LogP contribution in [0.3, 0.4) is 0 Å². The van der Waals surface area contributed by atoms with Gasteiger partial charge in [0.1, 0.15) is 5.82 Å². The minimum absolute atomic E-state index is 0.104. The number of aromatic nitrogens is 3. The fourth-order valence-corrected chi connectivity index (χ4v) is 4.59. The molecule has 3 rings (SSSR count). The topological polar surface area (TPSA) is 88.1 Å². The van der Waals surface area contributed by atoms with Crippen molar-refractivity contribution in [3.8, 4) is 0 Å². The Balaban J connectivity index is 1.61. The summed E-state index contributed by atoms with van der Waals surface area (Å²) in [5, 5.41) is 10.9. The molecule has 2 aromatic rings. The number of hydrogen-bond donors (Lipinski definition) is 1. The van der Waals surface area contributed by atoms with E-state index in [0.717, 1.165) is 0 Å². The van der Waals surface area contributed by atoms with Crippen LogP contribution in [0.25, 0.3) is 0 Å². The van der Waals surface area contributed by atoms with E-state index in [1.54, 1.807) is 25.2 Å². The van der Waals surface area contributed by atoms with Crippen molar-refractivity contribution in [2.75, 3.05) is 35.3 Å². The van der Waals surface area contributed by atoms with Gasteiger partial charge >= 0.3 is 0 Å². The number of halogens is 1. The van der Waals surface area contributed by atoms with Crippen LogP contribution in [0.15, 0.2) is 30.5 Å².